The molecule has 22 heavy (non-hydrogen) atoms. The maximum Gasteiger partial charge on any atom is 0.274 e. The number of hydrogen-bond acceptors (Lipinski definition) is 4. The van der Waals surface area contributed by atoms with Gasteiger partial charge in [0, 0.05) is 18.8 Å². The van der Waals surface area contributed by atoms with E-state index in [1.54, 1.807) is 16.8 Å². The van der Waals surface area contributed by atoms with Gasteiger partial charge in [-0.05, 0) is 50.8 Å². The molecule has 1 aliphatic rings. The molecule has 6 nitrogen and oxygen atoms in total. The highest BCUT2D eigenvalue weighted by Crippen LogP contribution is 2.17. The van der Waals surface area contributed by atoms with Gasteiger partial charge < -0.3 is 4.90 Å². The van der Waals surface area contributed by atoms with E-state index in [1.807, 2.05) is 24.8 Å². The first-order valence-electron chi connectivity index (χ1n) is 7.71. The summed E-state index contributed by atoms with van der Waals surface area (Å²) in [5, 5.41) is 12.6. The molecule has 1 saturated heterocycles. The number of likely N-dealkylation sites (tertiary alicyclic amines) is 1. The molecule has 0 aromatic carbocycles. The number of carbonyl (C=O) groups is 1. The molecule has 0 unspecified atom stereocenters. The summed E-state index contributed by atoms with van der Waals surface area (Å²) in [5.74, 6) is 1.30. The summed E-state index contributed by atoms with van der Waals surface area (Å²) in [7, 11) is 0. The van der Waals surface area contributed by atoms with Gasteiger partial charge in [0.25, 0.3) is 5.91 Å². The third-order valence-electron chi connectivity index (χ3n) is 4.17. The van der Waals surface area contributed by atoms with Crippen LogP contribution in [0.5, 0.6) is 0 Å². The van der Waals surface area contributed by atoms with Crippen molar-refractivity contribution in [1.29, 1.82) is 0 Å². The minimum atomic E-state index is -0.0284. The monoisotopic (exact) mass is 299 g/mol. The quantitative estimate of drug-likeness (QED) is 0.852. The smallest absolute Gasteiger partial charge is 0.274 e. The number of carbonyl (C=O) groups excluding carboxylic acids is 1. The van der Waals surface area contributed by atoms with E-state index in [1.165, 1.54) is 0 Å². The molecule has 1 amide bonds. The lowest BCUT2D eigenvalue weighted by atomic mass is 9.99. The second-order valence-electron chi connectivity index (χ2n) is 6.09. The van der Waals surface area contributed by atoms with E-state index in [-0.39, 0.29) is 5.91 Å². The molecule has 3 rings (SSSR count). The zero-order chi connectivity index (χ0) is 15.7. The maximum absolute atomic E-state index is 12.4. The molecule has 0 bridgehead atoms. The van der Waals surface area contributed by atoms with Crippen LogP contribution in [0.1, 0.15) is 41.6 Å². The highest BCUT2D eigenvalue weighted by Gasteiger charge is 2.22. The van der Waals surface area contributed by atoms with Crippen molar-refractivity contribution in [3.05, 3.63) is 35.3 Å². The molecule has 0 N–H and O–H groups in total. The second kappa shape index (κ2) is 5.87. The van der Waals surface area contributed by atoms with Crippen LogP contribution in [0, 0.1) is 19.8 Å². The van der Waals surface area contributed by atoms with Crippen LogP contribution in [-0.4, -0.2) is 43.9 Å². The molecular weight excluding hydrogens is 278 g/mol. The van der Waals surface area contributed by atoms with Gasteiger partial charge in [0.15, 0.2) is 11.5 Å². The fourth-order valence-corrected chi connectivity index (χ4v) is 2.79. The lowest BCUT2D eigenvalue weighted by molar-refractivity contribution is 0.0690. The SMILES string of the molecule is Cc1cc(C)n(-c2ccc(C(=O)N3CCC(C)CC3)nn2)n1. The molecule has 0 radical (unpaired) electrons. The lowest BCUT2D eigenvalue weighted by Gasteiger charge is -2.29. The number of amides is 1. The van der Waals surface area contributed by atoms with Crippen LogP contribution >= 0.6 is 0 Å². The van der Waals surface area contributed by atoms with Crippen LogP contribution < -0.4 is 0 Å². The first-order valence-corrected chi connectivity index (χ1v) is 7.71. The third-order valence-corrected chi connectivity index (χ3v) is 4.17. The third kappa shape index (κ3) is 2.86. The largest absolute Gasteiger partial charge is 0.337 e. The first-order chi connectivity index (χ1) is 10.5. The maximum atomic E-state index is 12.4. The number of nitrogens with zero attached hydrogens (tertiary/aromatic N) is 5. The van der Waals surface area contributed by atoms with Crippen molar-refractivity contribution in [3.8, 4) is 5.82 Å². The fraction of sp³-hybridized carbons (Fsp3) is 0.500. The number of piperidine rings is 1. The van der Waals surface area contributed by atoms with Gasteiger partial charge in [0.2, 0.25) is 0 Å². The van der Waals surface area contributed by atoms with Crippen LogP contribution in [0.4, 0.5) is 0 Å². The molecule has 2 aromatic rings. The van der Waals surface area contributed by atoms with Gasteiger partial charge in [0.05, 0.1) is 5.69 Å². The summed E-state index contributed by atoms with van der Waals surface area (Å²) >= 11 is 0. The average molecular weight is 299 g/mol. The van der Waals surface area contributed by atoms with Crippen LogP contribution in [0.25, 0.3) is 5.82 Å². The van der Waals surface area contributed by atoms with E-state index in [2.05, 4.69) is 22.2 Å². The molecule has 0 atom stereocenters. The summed E-state index contributed by atoms with van der Waals surface area (Å²) in [6, 6.07) is 5.51. The predicted octanol–water partition coefficient (Wildman–Crippen LogP) is 2.15. The Labute approximate surface area is 130 Å². The lowest BCUT2D eigenvalue weighted by Crippen LogP contribution is -2.38. The van der Waals surface area contributed by atoms with E-state index in [4.69, 9.17) is 0 Å². The van der Waals surface area contributed by atoms with Gasteiger partial charge in [-0.1, -0.05) is 6.92 Å². The number of hydrogen-bond donors (Lipinski definition) is 0. The van der Waals surface area contributed by atoms with Crippen LogP contribution in [0.2, 0.25) is 0 Å². The van der Waals surface area contributed by atoms with Crippen molar-refractivity contribution in [1.82, 2.24) is 24.9 Å². The molecule has 3 heterocycles. The van der Waals surface area contributed by atoms with Crippen molar-refractivity contribution >= 4 is 5.91 Å². The topological polar surface area (TPSA) is 63.9 Å². The van der Waals surface area contributed by atoms with Gasteiger partial charge >= 0.3 is 0 Å². The molecule has 0 spiro atoms. The van der Waals surface area contributed by atoms with Crippen molar-refractivity contribution < 1.29 is 4.79 Å². The molecule has 116 valence electrons. The van der Waals surface area contributed by atoms with Gasteiger partial charge in [-0.3, -0.25) is 4.79 Å². The van der Waals surface area contributed by atoms with Gasteiger partial charge in [-0.15, -0.1) is 10.2 Å². The van der Waals surface area contributed by atoms with Crippen molar-refractivity contribution in [2.45, 2.75) is 33.6 Å². The van der Waals surface area contributed by atoms with E-state index in [0.717, 1.165) is 37.3 Å². The number of aromatic nitrogens is 4. The van der Waals surface area contributed by atoms with Crippen LogP contribution in [0.3, 0.4) is 0 Å². The molecule has 2 aromatic heterocycles. The van der Waals surface area contributed by atoms with Gasteiger partial charge in [-0.25, -0.2) is 4.68 Å². The van der Waals surface area contributed by atoms with Crippen LogP contribution in [0.15, 0.2) is 18.2 Å². The molecule has 1 aliphatic heterocycles. The number of rotatable bonds is 2. The minimum absolute atomic E-state index is 0.0284. The minimum Gasteiger partial charge on any atom is -0.337 e. The Bertz CT molecular complexity index is 668. The predicted molar refractivity (Wildman–Crippen MR) is 82.9 cm³/mol. The molecule has 0 saturated carbocycles. The Morgan fingerprint density at radius 2 is 1.91 bits per heavy atom. The van der Waals surface area contributed by atoms with E-state index in [0.29, 0.717) is 17.4 Å². The molecular formula is C16H21N5O. The molecule has 0 aliphatic carbocycles. The first kappa shape index (κ1) is 14.7. The molecule has 6 heteroatoms. The standard InChI is InChI=1S/C16H21N5O/c1-11-6-8-20(9-7-11)16(22)14-4-5-15(18-17-14)21-13(3)10-12(2)19-21/h4-5,10-11H,6-9H2,1-3H3. The second-order valence-corrected chi connectivity index (χ2v) is 6.09. The Balaban J connectivity index is 1.76. The summed E-state index contributed by atoms with van der Waals surface area (Å²) in [6.45, 7) is 7.74. The highest BCUT2D eigenvalue weighted by molar-refractivity contribution is 5.92. The van der Waals surface area contributed by atoms with Crippen LogP contribution in [-0.2, 0) is 0 Å². The van der Waals surface area contributed by atoms with Gasteiger partial charge in [0.1, 0.15) is 0 Å². The Kier molecular flexibility index (Phi) is 3.92. The summed E-state index contributed by atoms with van der Waals surface area (Å²) in [5.41, 5.74) is 2.33. The van der Waals surface area contributed by atoms with Crippen molar-refractivity contribution in [2.75, 3.05) is 13.1 Å². The van der Waals surface area contributed by atoms with Gasteiger partial charge in [-0.2, -0.15) is 5.10 Å². The van der Waals surface area contributed by atoms with Crippen molar-refractivity contribution in [3.63, 3.8) is 0 Å². The molecule has 1 fully saturated rings. The zero-order valence-electron chi connectivity index (χ0n) is 13.3. The Morgan fingerprint density at radius 1 is 1.18 bits per heavy atom. The fourth-order valence-electron chi connectivity index (χ4n) is 2.79. The zero-order valence-corrected chi connectivity index (χ0v) is 13.3. The number of aryl methyl sites for hydroxylation is 2. The average Bonchev–Trinajstić information content (AvgIpc) is 2.86. The van der Waals surface area contributed by atoms with E-state index >= 15 is 0 Å². The summed E-state index contributed by atoms with van der Waals surface area (Å²) in [4.78, 5) is 14.3. The Hall–Kier alpha value is -2.24. The normalized spacial score (nSPS) is 16.0. The van der Waals surface area contributed by atoms with E-state index < -0.39 is 0 Å². The van der Waals surface area contributed by atoms with E-state index in [9.17, 15) is 4.79 Å². The summed E-state index contributed by atoms with van der Waals surface area (Å²) < 4.78 is 1.74. The van der Waals surface area contributed by atoms with Crippen molar-refractivity contribution in [2.24, 2.45) is 5.92 Å². The highest BCUT2D eigenvalue weighted by atomic mass is 16.2. The Morgan fingerprint density at radius 3 is 2.45 bits per heavy atom. The summed E-state index contributed by atoms with van der Waals surface area (Å²) in [6.07, 6.45) is 2.12.